The van der Waals surface area contributed by atoms with Gasteiger partial charge in [-0.25, -0.2) is 0 Å². The van der Waals surface area contributed by atoms with E-state index in [-0.39, 0.29) is 6.04 Å². The number of methoxy groups -OCH3 is 1. The van der Waals surface area contributed by atoms with Crippen LogP contribution in [0.2, 0.25) is 0 Å². The minimum Gasteiger partial charge on any atom is -0.496 e. The third kappa shape index (κ3) is 2.22. The van der Waals surface area contributed by atoms with Gasteiger partial charge in [-0.2, -0.15) is 0 Å². The molecule has 0 spiro atoms. The molecule has 2 heteroatoms. The lowest BCUT2D eigenvalue weighted by Gasteiger charge is -2.12. The van der Waals surface area contributed by atoms with Crippen LogP contribution >= 0.6 is 0 Å². The highest BCUT2D eigenvalue weighted by atomic mass is 16.5. The van der Waals surface area contributed by atoms with Crippen LogP contribution in [0, 0.1) is 6.92 Å². The molecular weight excluding hydrogens is 162 g/mol. The summed E-state index contributed by atoms with van der Waals surface area (Å²) in [7, 11) is 1.68. The fourth-order valence-corrected chi connectivity index (χ4v) is 1.30. The molecule has 0 amide bonds. The molecule has 0 aliphatic heterocycles. The van der Waals surface area contributed by atoms with Crippen LogP contribution in [0.5, 0.6) is 5.75 Å². The average Bonchev–Trinajstić information content (AvgIpc) is 2.17. The average molecular weight is 179 g/mol. The maximum Gasteiger partial charge on any atom is 0.122 e. The van der Waals surface area contributed by atoms with Crippen LogP contribution in [-0.4, -0.2) is 7.11 Å². The molecule has 2 nitrogen and oxygen atoms in total. The molecule has 0 radical (unpaired) electrons. The third-order valence-corrected chi connectivity index (χ3v) is 2.30. The first kappa shape index (κ1) is 10.1. The van der Waals surface area contributed by atoms with E-state index in [4.69, 9.17) is 10.5 Å². The SMILES string of the molecule is CC[C@@H](N)c1ccc(C)c(OC)c1. The van der Waals surface area contributed by atoms with Crippen molar-refractivity contribution in [3.63, 3.8) is 0 Å². The molecule has 72 valence electrons. The number of nitrogens with two attached hydrogens (primary N) is 1. The zero-order valence-corrected chi connectivity index (χ0v) is 8.50. The van der Waals surface area contributed by atoms with Crippen LogP contribution in [0.15, 0.2) is 18.2 Å². The van der Waals surface area contributed by atoms with Gasteiger partial charge >= 0.3 is 0 Å². The van der Waals surface area contributed by atoms with Crippen molar-refractivity contribution >= 4 is 0 Å². The Balaban J connectivity index is 2.99. The molecular formula is C11H17NO. The highest BCUT2D eigenvalue weighted by molar-refractivity contribution is 5.37. The van der Waals surface area contributed by atoms with E-state index in [2.05, 4.69) is 13.0 Å². The molecule has 1 aromatic rings. The van der Waals surface area contributed by atoms with E-state index in [1.165, 1.54) is 0 Å². The number of hydrogen-bond acceptors (Lipinski definition) is 2. The normalized spacial score (nSPS) is 12.6. The molecule has 1 rings (SSSR count). The van der Waals surface area contributed by atoms with Gasteiger partial charge in [0.1, 0.15) is 5.75 Å². The van der Waals surface area contributed by atoms with E-state index in [9.17, 15) is 0 Å². The summed E-state index contributed by atoms with van der Waals surface area (Å²) in [4.78, 5) is 0. The lowest BCUT2D eigenvalue weighted by molar-refractivity contribution is 0.410. The Morgan fingerprint density at radius 1 is 1.46 bits per heavy atom. The standard InChI is InChI=1S/C11H17NO/c1-4-10(12)9-6-5-8(2)11(7-9)13-3/h5-7,10H,4,12H2,1-3H3/t10-/m1/s1. The van der Waals surface area contributed by atoms with Gasteiger partial charge in [-0.3, -0.25) is 0 Å². The summed E-state index contributed by atoms with van der Waals surface area (Å²) in [6.45, 7) is 4.11. The Kier molecular flexibility index (Phi) is 3.32. The first-order valence-electron chi connectivity index (χ1n) is 4.59. The smallest absolute Gasteiger partial charge is 0.122 e. The van der Waals surface area contributed by atoms with Gasteiger partial charge in [-0.15, -0.1) is 0 Å². The van der Waals surface area contributed by atoms with Gasteiger partial charge in [0.25, 0.3) is 0 Å². The van der Waals surface area contributed by atoms with E-state index in [1.807, 2.05) is 19.1 Å². The van der Waals surface area contributed by atoms with Crippen LogP contribution in [0.25, 0.3) is 0 Å². The zero-order valence-electron chi connectivity index (χ0n) is 8.50. The fourth-order valence-electron chi connectivity index (χ4n) is 1.30. The monoisotopic (exact) mass is 179 g/mol. The third-order valence-electron chi connectivity index (χ3n) is 2.30. The quantitative estimate of drug-likeness (QED) is 0.773. The summed E-state index contributed by atoms with van der Waals surface area (Å²) in [5.41, 5.74) is 8.20. The maximum absolute atomic E-state index is 5.91. The van der Waals surface area contributed by atoms with Crippen molar-refractivity contribution in [2.45, 2.75) is 26.3 Å². The van der Waals surface area contributed by atoms with Gasteiger partial charge in [0.2, 0.25) is 0 Å². The molecule has 0 aliphatic rings. The Morgan fingerprint density at radius 3 is 2.69 bits per heavy atom. The van der Waals surface area contributed by atoms with Crippen molar-refractivity contribution in [1.82, 2.24) is 0 Å². The zero-order chi connectivity index (χ0) is 9.84. The molecule has 0 fully saturated rings. The van der Waals surface area contributed by atoms with Gasteiger partial charge < -0.3 is 10.5 Å². The van der Waals surface area contributed by atoms with Crippen LogP contribution in [0.4, 0.5) is 0 Å². The summed E-state index contributed by atoms with van der Waals surface area (Å²) in [5.74, 6) is 0.918. The summed E-state index contributed by atoms with van der Waals surface area (Å²) in [6.07, 6.45) is 0.951. The fraction of sp³-hybridized carbons (Fsp3) is 0.455. The number of hydrogen-bond donors (Lipinski definition) is 1. The number of rotatable bonds is 3. The lowest BCUT2D eigenvalue weighted by atomic mass is 10.0. The Morgan fingerprint density at radius 2 is 2.15 bits per heavy atom. The van der Waals surface area contributed by atoms with Gasteiger partial charge in [0.15, 0.2) is 0 Å². The minimum atomic E-state index is 0.120. The van der Waals surface area contributed by atoms with Crippen molar-refractivity contribution < 1.29 is 4.74 Å². The Hall–Kier alpha value is -1.02. The van der Waals surface area contributed by atoms with Crippen molar-refractivity contribution in [1.29, 1.82) is 0 Å². The molecule has 0 aromatic heterocycles. The summed E-state index contributed by atoms with van der Waals surface area (Å²) < 4.78 is 5.22. The molecule has 0 heterocycles. The Bertz CT molecular complexity index is 283. The Labute approximate surface area is 79.7 Å². The van der Waals surface area contributed by atoms with Crippen molar-refractivity contribution in [3.05, 3.63) is 29.3 Å². The van der Waals surface area contributed by atoms with E-state index in [0.29, 0.717) is 0 Å². The van der Waals surface area contributed by atoms with Gasteiger partial charge in [-0.1, -0.05) is 19.1 Å². The van der Waals surface area contributed by atoms with Gasteiger partial charge in [-0.05, 0) is 30.5 Å². The van der Waals surface area contributed by atoms with Crippen LogP contribution in [0.3, 0.4) is 0 Å². The predicted molar refractivity (Wildman–Crippen MR) is 55.0 cm³/mol. The van der Waals surface area contributed by atoms with E-state index in [1.54, 1.807) is 7.11 Å². The summed E-state index contributed by atoms with van der Waals surface area (Å²) in [6, 6.07) is 6.24. The van der Waals surface area contributed by atoms with Crippen LogP contribution < -0.4 is 10.5 Å². The molecule has 1 atom stereocenters. The van der Waals surface area contributed by atoms with E-state index >= 15 is 0 Å². The second-order valence-corrected chi connectivity index (χ2v) is 3.24. The topological polar surface area (TPSA) is 35.2 Å². The molecule has 0 unspecified atom stereocenters. The molecule has 1 aromatic carbocycles. The first-order valence-corrected chi connectivity index (χ1v) is 4.59. The second-order valence-electron chi connectivity index (χ2n) is 3.24. The molecule has 13 heavy (non-hydrogen) atoms. The largest absolute Gasteiger partial charge is 0.496 e. The lowest BCUT2D eigenvalue weighted by Crippen LogP contribution is -2.08. The predicted octanol–water partition coefficient (Wildman–Crippen LogP) is 2.41. The van der Waals surface area contributed by atoms with Gasteiger partial charge in [0, 0.05) is 6.04 Å². The molecule has 0 saturated heterocycles. The highest BCUT2D eigenvalue weighted by Gasteiger charge is 2.05. The first-order chi connectivity index (χ1) is 6.19. The van der Waals surface area contributed by atoms with Crippen molar-refractivity contribution in [2.75, 3.05) is 7.11 Å². The van der Waals surface area contributed by atoms with Gasteiger partial charge in [0.05, 0.1) is 7.11 Å². The minimum absolute atomic E-state index is 0.120. The number of benzene rings is 1. The number of aryl methyl sites for hydroxylation is 1. The van der Waals surface area contributed by atoms with Crippen molar-refractivity contribution in [2.24, 2.45) is 5.73 Å². The summed E-state index contributed by atoms with van der Waals surface area (Å²) >= 11 is 0. The van der Waals surface area contributed by atoms with Crippen LogP contribution in [-0.2, 0) is 0 Å². The van der Waals surface area contributed by atoms with E-state index in [0.717, 1.165) is 23.3 Å². The molecule has 0 saturated carbocycles. The number of ether oxygens (including phenoxy) is 1. The molecule has 0 bridgehead atoms. The van der Waals surface area contributed by atoms with E-state index < -0.39 is 0 Å². The highest BCUT2D eigenvalue weighted by Crippen LogP contribution is 2.23. The second kappa shape index (κ2) is 4.28. The molecule has 0 aliphatic carbocycles. The van der Waals surface area contributed by atoms with Crippen LogP contribution in [0.1, 0.15) is 30.5 Å². The molecule has 2 N–H and O–H groups in total. The maximum atomic E-state index is 5.91. The summed E-state index contributed by atoms with van der Waals surface area (Å²) in [5, 5.41) is 0. The van der Waals surface area contributed by atoms with Crippen molar-refractivity contribution in [3.8, 4) is 5.75 Å².